The molecule has 16 rings (SSSR count). The highest BCUT2D eigenvalue weighted by Gasteiger charge is 2.34. The first-order valence-electron chi connectivity index (χ1n) is 49.2. The lowest BCUT2D eigenvalue weighted by Crippen LogP contribution is -2.44. The normalized spacial score (nSPS) is 15.2. The molecule has 12 N–H and O–H groups in total. The molecule has 4 saturated heterocycles. The molecule has 33 nitrogen and oxygen atoms in total. The van der Waals surface area contributed by atoms with Crippen LogP contribution in [0.5, 0.6) is 0 Å². The number of likely N-dealkylation sites (tertiary alicyclic amines) is 2. The molecule has 4 aliphatic rings. The number of piperidine rings is 2. The fourth-order valence-corrected chi connectivity index (χ4v) is 20.3. The molecule has 41 heteroatoms. The first-order chi connectivity index (χ1) is 69.6. The standard InChI is InChI=1S/C27H34ClFN6O2S.C27H35FN6O2S.C27H36N6O2S.C26H34FN7O2S/c1-18-17-30-26(32-19-7-9-24(22(29)14-19)35-12-10-34(5)11-13-35)16-23(18)31-20-6-8-21(28)25(15-20)38(36,37)33-27(2,3)4;1-18-17-29-26(31-21-9-10-23(24(28)16-21)19-11-13-34(5)14-12-19)32-25(18)30-20-7-6-8-22(15-20)33-37(35,36)27(2,3)4;1-19-18-28-26(30-22-11-9-20(10-12-22)21-13-15-33(5)16-14-21)31-25(19)29-23-7-6-8-24(17-23)32-36(34,35)27(2,3)4;1-18-17-28-25(30-22-13-19(27)14-23(16-22)34-11-9-33(5)10-12-34)31-24(18)29-20-7-6-8-21(15-20)32-37(35,36)26(2,3)4/h6-9,14-17,33H,10-13H2,1-5H3,(H2,30,31,32);6-10,15-17,19,33H,11-14H2,1-5H3,(H2,29,30,31,32);6-12,17-18,21,32H,13-16H2,1-5H3,(H2,28,29,30,31);6-8,13-17,32H,9-12H2,1-5H3,(H2,28,29,30,31). The van der Waals surface area contributed by atoms with Gasteiger partial charge < -0.3 is 71.9 Å². The summed E-state index contributed by atoms with van der Waals surface area (Å²) >= 11 is 6.24. The maximum atomic E-state index is 14.9. The van der Waals surface area contributed by atoms with E-state index >= 15 is 0 Å². The number of piperazine rings is 2. The Morgan fingerprint density at radius 3 is 1.17 bits per heavy atom. The number of aryl methyl sites for hydroxylation is 4. The van der Waals surface area contributed by atoms with Crippen molar-refractivity contribution in [3.8, 4) is 0 Å². The zero-order chi connectivity index (χ0) is 107. The van der Waals surface area contributed by atoms with Crippen LogP contribution in [-0.4, -0.2) is 215 Å². The minimum Gasteiger partial charge on any atom is -0.369 e. The highest BCUT2D eigenvalue weighted by Crippen LogP contribution is 2.39. The molecule has 0 unspecified atom stereocenters. The van der Waals surface area contributed by atoms with Crippen molar-refractivity contribution in [2.75, 3.05) is 173 Å². The average Bonchev–Trinajstić information content (AvgIpc) is 0.778. The van der Waals surface area contributed by atoms with Crippen LogP contribution in [0.15, 0.2) is 206 Å². The molecule has 8 aromatic carbocycles. The van der Waals surface area contributed by atoms with Crippen molar-refractivity contribution in [1.29, 1.82) is 0 Å². The lowest BCUT2D eigenvalue weighted by molar-refractivity contribution is 0.253. The van der Waals surface area contributed by atoms with Crippen molar-refractivity contribution in [2.24, 2.45) is 0 Å². The zero-order valence-corrected chi connectivity index (χ0v) is 91.8. The monoisotopic (exact) mass is 2120 g/mol. The van der Waals surface area contributed by atoms with Gasteiger partial charge in [0, 0.05) is 162 Å². The smallest absolute Gasteiger partial charge is 0.242 e. The third-order valence-electron chi connectivity index (χ3n) is 25.4. The van der Waals surface area contributed by atoms with Gasteiger partial charge in [0.25, 0.3) is 0 Å². The SMILES string of the molecule is Cc1cnc(Nc2cc(F)cc(N3CCN(C)CC3)c2)nc1Nc1cccc(NS(=O)(=O)C(C)(C)C)c1.Cc1cnc(Nc2ccc(C3CCN(C)CC3)c(F)c2)nc1Nc1cccc(NS(=O)(=O)C(C)(C)C)c1.Cc1cnc(Nc2ccc(C3CCN(C)CC3)cc2)nc1Nc1cccc(NS(=O)(=O)C(C)(C)C)c1.Cc1cnc(Nc2ccc(N3CCN(C)CC3)c(F)c2)cc1Nc1ccc(Cl)c(S(=O)(=O)NC(C)(C)C)c1. The molecule has 8 heterocycles. The van der Waals surface area contributed by atoms with Gasteiger partial charge in [-0.2, -0.15) is 15.0 Å². The van der Waals surface area contributed by atoms with Crippen molar-refractivity contribution in [2.45, 2.75) is 173 Å². The van der Waals surface area contributed by atoms with E-state index in [0.29, 0.717) is 110 Å². The summed E-state index contributed by atoms with van der Waals surface area (Å²) in [5.74, 6) is 3.39. The van der Waals surface area contributed by atoms with Crippen molar-refractivity contribution in [3.63, 3.8) is 0 Å². The third kappa shape index (κ3) is 31.4. The van der Waals surface area contributed by atoms with E-state index in [-0.39, 0.29) is 33.3 Å². The van der Waals surface area contributed by atoms with Gasteiger partial charge in [-0.05, 0) is 353 Å². The molecule has 148 heavy (non-hydrogen) atoms. The van der Waals surface area contributed by atoms with E-state index in [2.05, 4.69) is 178 Å². The van der Waals surface area contributed by atoms with Gasteiger partial charge in [-0.1, -0.05) is 48.0 Å². The molecule has 4 fully saturated rings. The van der Waals surface area contributed by atoms with Crippen LogP contribution in [0.1, 0.15) is 154 Å². The molecule has 0 atom stereocenters. The quantitative estimate of drug-likeness (QED) is 0.0217. The molecule has 4 aliphatic heterocycles. The molecule has 792 valence electrons. The number of halogens is 4. The van der Waals surface area contributed by atoms with E-state index in [1.165, 1.54) is 42.7 Å². The number of benzene rings is 8. The summed E-state index contributed by atoms with van der Waals surface area (Å²) in [7, 11) is -6.04. The Morgan fingerprint density at radius 1 is 0.345 bits per heavy atom. The second-order valence-electron chi connectivity index (χ2n) is 41.9. The second-order valence-corrected chi connectivity index (χ2v) is 51.3. The number of pyridine rings is 1. The van der Waals surface area contributed by atoms with Crippen LogP contribution in [0.3, 0.4) is 0 Å². The summed E-state index contributed by atoms with van der Waals surface area (Å²) in [5.41, 5.74) is 13.5. The van der Waals surface area contributed by atoms with Crippen LogP contribution >= 0.6 is 11.6 Å². The summed E-state index contributed by atoms with van der Waals surface area (Å²) in [6.07, 6.45) is 11.1. The molecule has 0 aliphatic carbocycles. The molecule has 0 bridgehead atoms. The number of likely N-dealkylation sites (N-methyl/N-ethyl adjacent to an activating group) is 2. The van der Waals surface area contributed by atoms with E-state index in [1.54, 1.807) is 193 Å². The van der Waals surface area contributed by atoms with Crippen LogP contribution < -0.4 is 71.2 Å². The number of anilines is 21. The van der Waals surface area contributed by atoms with Crippen molar-refractivity contribution >= 4 is 172 Å². The summed E-state index contributed by atoms with van der Waals surface area (Å²) in [4.78, 5) is 44.7. The Balaban J connectivity index is 0.000000165. The van der Waals surface area contributed by atoms with E-state index in [0.717, 1.165) is 136 Å². The van der Waals surface area contributed by atoms with Crippen LogP contribution in [0.4, 0.5) is 134 Å². The molecule has 0 radical (unpaired) electrons. The first kappa shape index (κ1) is 112. The van der Waals surface area contributed by atoms with E-state index in [9.17, 15) is 46.8 Å². The highest BCUT2D eigenvalue weighted by molar-refractivity contribution is 7.94. The molecule has 0 saturated carbocycles. The van der Waals surface area contributed by atoms with Crippen molar-refractivity contribution in [3.05, 3.63) is 257 Å². The molecule has 0 amide bonds. The second kappa shape index (κ2) is 47.8. The number of hydrogen-bond acceptors (Lipinski definition) is 29. The first-order valence-corrected chi connectivity index (χ1v) is 55.5. The predicted molar refractivity (Wildman–Crippen MR) is 597 cm³/mol. The Kier molecular flexibility index (Phi) is 36.3. The number of rotatable bonds is 28. The summed E-state index contributed by atoms with van der Waals surface area (Å²) in [6, 6.07) is 51.3. The Hall–Kier alpha value is -12.8. The van der Waals surface area contributed by atoms with E-state index in [1.807, 2.05) is 70.2 Å². The average molecular weight is 2120 g/mol. The molecular formula is C107H139ClF3N25O8S4. The molecule has 0 spiro atoms. The van der Waals surface area contributed by atoms with Gasteiger partial charge in [0.2, 0.25) is 57.9 Å². The van der Waals surface area contributed by atoms with Crippen LogP contribution in [0.2, 0.25) is 5.02 Å². The minimum atomic E-state index is -3.83. The molecule has 4 aromatic heterocycles. The maximum absolute atomic E-state index is 14.9. The van der Waals surface area contributed by atoms with E-state index < -0.39 is 59.9 Å². The zero-order valence-electron chi connectivity index (χ0n) is 87.7. The Morgan fingerprint density at radius 2 is 0.723 bits per heavy atom. The Labute approximate surface area is 875 Å². The number of nitrogens with zero attached hydrogens (tertiary/aromatic N) is 13. The largest absolute Gasteiger partial charge is 0.369 e. The third-order valence-corrected chi connectivity index (χ3v) is 33.9. The number of sulfonamides is 4. The predicted octanol–water partition coefficient (Wildman–Crippen LogP) is 21.6. The van der Waals surface area contributed by atoms with Crippen LogP contribution in [0.25, 0.3) is 0 Å². The summed E-state index contributed by atoms with van der Waals surface area (Å²) in [6.45, 7) is 38.8. The number of aromatic nitrogens is 7. The van der Waals surface area contributed by atoms with Gasteiger partial charge >= 0.3 is 0 Å². The fourth-order valence-electron chi connectivity index (χ4n) is 16.1. The van der Waals surface area contributed by atoms with Crippen LogP contribution in [-0.2, 0) is 40.1 Å². The Bertz CT molecular complexity index is 7130. The van der Waals surface area contributed by atoms with Gasteiger partial charge in [0.1, 0.15) is 45.6 Å². The van der Waals surface area contributed by atoms with E-state index in [4.69, 9.17) is 11.6 Å². The fraction of sp³-hybridized carbons (Fsp3) is 0.393. The van der Waals surface area contributed by atoms with Gasteiger partial charge in [-0.15, -0.1) is 0 Å². The lowest BCUT2D eigenvalue weighted by atomic mass is 9.89. The van der Waals surface area contributed by atoms with Gasteiger partial charge in [0.15, 0.2) is 0 Å². The highest BCUT2D eigenvalue weighted by atomic mass is 35.5. The molecular weight excluding hydrogens is 1980 g/mol. The summed E-state index contributed by atoms with van der Waals surface area (Å²) in [5, 5.41) is 25.8. The van der Waals surface area contributed by atoms with Crippen LogP contribution in [0, 0.1) is 45.1 Å². The summed E-state index contributed by atoms with van der Waals surface area (Å²) < 4.78 is 153. The maximum Gasteiger partial charge on any atom is 0.242 e. The lowest BCUT2D eigenvalue weighted by Gasteiger charge is -2.34. The van der Waals surface area contributed by atoms with Gasteiger partial charge in [0.05, 0.1) is 42.0 Å². The van der Waals surface area contributed by atoms with Crippen molar-refractivity contribution < 1.29 is 46.8 Å². The van der Waals surface area contributed by atoms with Crippen molar-refractivity contribution in [1.82, 2.24) is 59.2 Å². The topological polar surface area (TPSA) is 391 Å². The minimum absolute atomic E-state index is 0.0138. The molecule has 12 aromatic rings. The number of nitrogens with one attached hydrogen (secondary N) is 12. The van der Waals surface area contributed by atoms with Gasteiger partial charge in [-0.25, -0.2) is 71.5 Å². The van der Waals surface area contributed by atoms with Gasteiger partial charge in [-0.3, -0.25) is 14.2 Å². The number of hydrogen-bond donors (Lipinski definition) is 12.